The Labute approximate surface area is 166 Å². The predicted octanol–water partition coefficient (Wildman–Crippen LogP) is 3.63. The molecule has 2 N–H and O–H groups in total. The number of methoxy groups -OCH3 is 2. The first kappa shape index (κ1) is 20.7. The van der Waals surface area contributed by atoms with Gasteiger partial charge in [0, 0.05) is 10.6 Å². The highest BCUT2D eigenvalue weighted by atomic mass is 35.5. The molecule has 0 aliphatic carbocycles. The third-order valence-corrected chi connectivity index (χ3v) is 3.99. The maximum Gasteiger partial charge on any atom is 0.280 e. The van der Waals surface area contributed by atoms with Crippen molar-refractivity contribution < 1.29 is 24.1 Å². The molecule has 0 saturated carbocycles. The van der Waals surface area contributed by atoms with Crippen LogP contribution >= 0.6 is 23.2 Å². The summed E-state index contributed by atoms with van der Waals surface area (Å²) in [7, 11) is 2.83. The van der Waals surface area contributed by atoms with Gasteiger partial charge in [-0.15, -0.1) is 0 Å². The molecule has 2 aromatic rings. The molecule has 0 radical (unpaired) electrons. The lowest BCUT2D eigenvalue weighted by molar-refractivity contribution is -0.127. The molecule has 144 valence electrons. The molecule has 0 spiro atoms. The number of phenolic OH excluding ortho intramolecular Hbond substituents is 1. The molecule has 0 heterocycles. The zero-order valence-corrected chi connectivity index (χ0v) is 16.3. The average Bonchev–Trinajstić information content (AvgIpc) is 2.64. The number of amides is 1. The van der Waals surface area contributed by atoms with E-state index in [2.05, 4.69) is 10.5 Å². The van der Waals surface area contributed by atoms with Crippen LogP contribution in [0.15, 0.2) is 35.4 Å². The molecule has 0 aliphatic rings. The maximum atomic E-state index is 12.1. The van der Waals surface area contributed by atoms with E-state index in [1.165, 1.54) is 26.5 Å². The van der Waals surface area contributed by atoms with Crippen LogP contribution < -0.4 is 19.6 Å². The molecule has 9 heteroatoms. The summed E-state index contributed by atoms with van der Waals surface area (Å²) >= 11 is 11.8. The van der Waals surface area contributed by atoms with E-state index in [-0.39, 0.29) is 17.2 Å². The first-order valence-electron chi connectivity index (χ1n) is 7.75. The largest absolute Gasteiger partial charge is 0.502 e. The van der Waals surface area contributed by atoms with Crippen molar-refractivity contribution in [1.29, 1.82) is 0 Å². The van der Waals surface area contributed by atoms with E-state index in [4.69, 9.17) is 37.4 Å². The number of aromatic hydroxyl groups is 1. The molecule has 0 saturated heterocycles. The molecule has 1 amide bonds. The first-order chi connectivity index (χ1) is 12.8. The molecule has 0 fully saturated rings. The Balaban J connectivity index is 2.02. The number of nitrogens with zero attached hydrogens (tertiary/aromatic N) is 1. The van der Waals surface area contributed by atoms with Gasteiger partial charge in [-0.25, -0.2) is 5.43 Å². The molecule has 2 rings (SSSR count). The van der Waals surface area contributed by atoms with Crippen molar-refractivity contribution in [2.75, 3.05) is 14.2 Å². The van der Waals surface area contributed by atoms with Crippen LogP contribution in [0.4, 0.5) is 0 Å². The SMILES string of the molecule is COc1cc(/C=N/NC(=O)[C@H](C)Oc2ccc(Cl)cc2Cl)cc(OC)c1O. The summed E-state index contributed by atoms with van der Waals surface area (Å²) in [5.41, 5.74) is 2.92. The molecule has 0 aromatic heterocycles. The molecule has 7 nitrogen and oxygen atoms in total. The quantitative estimate of drug-likeness (QED) is 0.535. The first-order valence-corrected chi connectivity index (χ1v) is 8.51. The van der Waals surface area contributed by atoms with Gasteiger partial charge in [0.1, 0.15) is 5.75 Å². The lowest BCUT2D eigenvalue weighted by Gasteiger charge is -2.14. The maximum absolute atomic E-state index is 12.1. The van der Waals surface area contributed by atoms with Gasteiger partial charge >= 0.3 is 0 Å². The van der Waals surface area contributed by atoms with Gasteiger partial charge in [0.2, 0.25) is 5.75 Å². The van der Waals surface area contributed by atoms with Crippen molar-refractivity contribution in [1.82, 2.24) is 5.43 Å². The average molecular weight is 413 g/mol. The van der Waals surface area contributed by atoms with Crippen LogP contribution in [0.3, 0.4) is 0 Å². The molecular formula is C18H18Cl2N2O5. The van der Waals surface area contributed by atoms with E-state index < -0.39 is 12.0 Å². The van der Waals surface area contributed by atoms with Crippen LogP contribution in [0.25, 0.3) is 0 Å². The van der Waals surface area contributed by atoms with Crippen molar-refractivity contribution in [3.8, 4) is 23.0 Å². The second kappa shape index (κ2) is 9.34. The highest BCUT2D eigenvalue weighted by Gasteiger charge is 2.16. The van der Waals surface area contributed by atoms with Gasteiger partial charge in [-0.3, -0.25) is 4.79 Å². The molecule has 27 heavy (non-hydrogen) atoms. The van der Waals surface area contributed by atoms with Crippen molar-refractivity contribution in [3.05, 3.63) is 45.9 Å². The summed E-state index contributed by atoms with van der Waals surface area (Å²) in [6, 6.07) is 7.79. The highest BCUT2D eigenvalue weighted by molar-refractivity contribution is 6.35. The number of benzene rings is 2. The summed E-state index contributed by atoms with van der Waals surface area (Å²) in [5.74, 6) is 0.172. The molecule has 0 unspecified atom stereocenters. The van der Waals surface area contributed by atoms with Crippen LogP contribution in [0, 0.1) is 0 Å². The summed E-state index contributed by atoms with van der Waals surface area (Å²) in [6.45, 7) is 1.56. The Morgan fingerprint density at radius 2 is 1.78 bits per heavy atom. The van der Waals surface area contributed by atoms with Crippen LogP contribution in [-0.4, -0.2) is 37.6 Å². The van der Waals surface area contributed by atoms with Gasteiger partial charge in [-0.1, -0.05) is 23.2 Å². The van der Waals surface area contributed by atoms with Crippen molar-refractivity contribution in [2.45, 2.75) is 13.0 Å². The van der Waals surface area contributed by atoms with Crippen LogP contribution in [-0.2, 0) is 4.79 Å². The van der Waals surface area contributed by atoms with Crippen molar-refractivity contribution in [3.63, 3.8) is 0 Å². The van der Waals surface area contributed by atoms with Crippen LogP contribution in [0.1, 0.15) is 12.5 Å². The van der Waals surface area contributed by atoms with E-state index >= 15 is 0 Å². The molecule has 0 aliphatic heterocycles. The fourth-order valence-corrected chi connectivity index (χ4v) is 2.52. The summed E-state index contributed by atoms with van der Waals surface area (Å²) < 4.78 is 15.6. The fraction of sp³-hybridized carbons (Fsp3) is 0.222. The van der Waals surface area contributed by atoms with Crippen LogP contribution in [0.2, 0.25) is 10.0 Å². The summed E-state index contributed by atoms with van der Waals surface area (Å²) in [5, 5.41) is 14.5. The standard InChI is InChI=1S/C18H18Cl2N2O5/c1-10(27-14-5-4-12(19)8-13(14)20)18(24)22-21-9-11-6-15(25-2)17(23)16(7-11)26-3/h4-10,23H,1-3H3,(H,22,24)/b21-9+/t10-/m0/s1. The normalized spacial score (nSPS) is 11.9. The molecule has 1 atom stereocenters. The number of carbonyl (C=O) groups is 1. The third-order valence-electron chi connectivity index (χ3n) is 3.46. The van der Waals surface area contributed by atoms with E-state index in [1.807, 2.05) is 0 Å². The second-order valence-electron chi connectivity index (χ2n) is 5.34. The van der Waals surface area contributed by atoms with Crippen molar-refractivity contribution >= 4 is 35.3 Å². The van der Waals surface area contributed by atoms with E-state index in [1.54, 1.807) is 31.2 Å². The number of halogens is 2. The number of hydrogen-bond donors (Lipinski definition) is 2. The predicted molar refractivity (Wildman–Crippen MR) is 103 cm³/mol. The number of phenols is 1. The number of nitrogens with one attached hydrogen (secondary N) is 1. The van der Waals surface area contributed by atoms with Crippen molar-refractivity contribution in [2.24, 2.45) is 5.10 Å². The molecule has 2 aromatic carbocycles. The Morgan fingerprint density at radius 3 is 2.33 bits per heavy atom. The minimum atomic E-state index is -0.843. The minimum Gasteiger partial charge on any atom is -0.502 e. The number of hydrogen-bond acceptors (Lipinski definition) is 6. The van der Waals surface area contributed by atoms with Gasteiger partial charge in [0.15, 0.2) is 17.6 Å². The second-order valence-corrected chi connectivity index (χ2v) is 6.19. The third kappa shape index (κ3) is 5.42. The van der Waals surface area contributed by atoms with Gasteiger partial charge < -0.3 is 19.3 Å². The minimum absolute atomic E-state index is 0.122. The number of carbonyl (C=O) groups excluding carboxylic acids is 1. The number of rotatable bonds is 7. The zero-order chi connectivity index (χ0) is 20.0. The molecular weight excluding hydrogens is 395 g/mol. The smallest absolute Gasteiger partial charge is 0.280 e. The van der Waals surface area contributed by atoms with E-state index in [0.29, 0.717) is 21.4 Å². The summed E-state index contributed by atoms with van der Waals surface area (Å²) in [4.78, 5) is 12.1. The molecule has 0 bridgehead atoms. The number of hydrazone groups is 1. The lowest BCUT2D eigenvalue weighted by atomic mass is 10.2. The fourth-order valence-electron chi connectivity index (χ4n) is 2.06. The zero-order valence-electron chi connectivity index (χ0n) is 14.8. The van der Waals surface area contributed by atoms with E-state index in [9.17, 15) is 9.90 Å². The van der Waals surface area contributed by atoms with Crippen LogP contribution in [0.5, 0.6) is 23.0 Å². The Morgan fingerprint density at radius 1 is 1.15 bits per heavy atom. The van der Waals surface area contributed by atoms with Gasteiger partial charge in [-0.05, 0) is 37.3 Å². The van der Waals surface area contributed by atoms with Gasteiger partial charge in [-0.2, -0.15) is 5.10 Å². The monoisotopic (exact) mass is 412 g/mol. The van der Waals surface area contributed by atoms with Gasteiger partial charge in [0.25, 0.3) is 5.91 Å². The Hall–Kier alpha value is -2.64. The lowest BCUT2D eigenvalue weighted by Crippen LogP contribution is -2.33. The Bertz CT molecular complexity index is 833. The topological polar surface area (TPSA) is 89.4 Å². The Kier molecular flexibility index (Phi) is 7.15. The highest BCUT2D eigenvalue weighted by Crippen LogP contribution is 2.36. The summed E-state index contributed by atoms with van der Waals surface area (Å²) in [6.07, 6.45) is 0.536. The van der Waals surface area contributed by atoms with Gasteiger partial charge in [0.05, 0.1) is 25.5 Å². The number of ether oxygens (including phenoxy) is 3. The van der Waals surface area contributed by atoms with E-state index in [0.717, 1.165) is 0 Å².